The van der Waals surface area contributed by atoms with E-state index in [1.165, 1.54) is 12.1 Å². The van der Waals surface area contributed by atoms with E-state index < -0.39 is 24.7 Å². The Morgan fingerprint density at radius 1 is 1.06 bits per heavy atom. The largest absolute Gasteiger partial charge is 0.494 e. The van der Waals surface area contributed by atoms with Crippen molar-refractivity contribution in [2.24, 2.45) is 0 Å². The van der Waals surface area contributed by atoms with Crippen molar-refractivity contribution in [1.29, 1.82) is 0 Å². The van der Waals surface area contributed by atoms with Crippen molar-refractivity contribution in [1.82, 2.24) is 0 Å². The van der Waals surface area contributed by atoms with Gasteiger partial charge in [0.1, 0.15) is 0 Å². The van der Waals surface area contributed by atoms with Crippen LogP contribution in [-0.4, -0.2) is 18.3 Å². The molecule has 0 saturated carbocycles. The van der Waals surface area contributed by atoms with Gasteiger partial charge in [0.2, 0.25) is 0 Å². The molecule has 18 heavy (non-hydrogen) atoms. The first kappa shape index (κ1) is 13.5. The minimum atomic E-state index is -2.48. The molecular weight excluding hydrogens is 237 g/mol. The molecule has 0 bridgehead atoms. The van der Waals surface area contributed by atoms with Crippen molar-refractivity contribution >= 4 is 12.6 Å². The third-order valence-electron chi connectivity index (χ3n) is 3.69. The van der Waals surface area contributed by atoms with Crippen molar-refractivity contribution in [3.05, 3.63) is 29.8 Å². The van der Waals surface area contributed by atoms with Crippen molar-refractivity contribution < 1.29 is 18.1 Å². The molecule has 0 unspecified atom stereocenters. The molecule has 0 aliphatic carbocycles. The zero-order chi connectivity index (χ0) is 13.6. The van der Waals surface area contributed by atoms with E-state index in [4.69, 9.17) is 9.31 Å². The second-order valence-electron chi connectivity index (χ2n) is 5.56. The second-order valence-corrected chi connectivity index (χ2v) is 5.56. The first-order chi connectivity index (χ1) is 8.23. The third-order valence-corrected chi connectivity index (χ3v) is 3.69. The summed E-state index contributed by atoms with van der Waals surface area (Å²) < 4.78 is 36.9. The van der Waals surface area contributed by atoms with E-state index in [0.29, 0.717) is 5.46 Å². The number of halogens is 2. The highest BCUT2D eigenvalue weighted by molar-refractivity contribution is 6.62. The molecule has 0 aromatic heterocycles. The van der Waals surface area contributed by atoms with E-state index in [-0.39, 0.29) is 5.56 Å². The maximum absolute atomic E-state index is 12.7. The number of hydrogen-bond acceptors (Lipinski definition) is 2. The maximum atomic E-state index is 12.7. The second kappa shape index (κ2) is 4.32. The third kappa shape index (κ3) is 2.29. The lowest BCUT2D eigenvalue weighted by molar-refractivity contribution is 0.00578. The van der Waals surface area contributed by atoms with Crippen LogP contribution in [0.1, 0.15) is 39.7 Å². The lowest BCUT2D eigenvalue weighted by Gasteiger charge is -2.32. The highest BCUT2D eigenvalue weighted by Crippen LogP contribution is 2.36. The molecule has 1 aliphatic rings. The molecule has 0 atom stereocenters. The van der Waals surface area contributed by atoms with E-state index in [0.717, 1.165) is 0 Å². The molecule has 2 rings (SSSR count). The van der Waals surface area contributed by atoms with Crippen LogP contribution in [0.2, 0.25) is 0 Å². The quantitative estimate of drug-likeness (QED) is 0.755. The number of rotatable bonds is 2. The fourth-order valence-corrected chi connectivity index (χ4v) is 1.82. The van der Waals surface area contributed by atoms with Gasteiger partial charge in [-0.2, -0.15) is 0 Å². The van der Waals surface area contributed by atoms with E-state index in [2.05, 4.69) is 0 Å². The summed E-state index contributed by atoms with van der Waals surface area (Å²) in [6, 6.07) is 6.18. The zero-order valence-electron chi connectivity index (χ0n) is 11.0. The lowest BCUT2D eigenvalue weighted by Crippen LogP contribution is -2.41. The Morgan fingerprint density at radius 2 is 1.61 bits per heavy atom. The molecule has 1 saturated heterocycles. The maximum Gasteiger partial charge on any atom is 0.494 e. The Balaban J connectivity index is 2.27. The number of alkyl halides is 2. The zero-order valence-corrected chi connectivity index (χ0v) is 11.0. The number of benzene rings is 1. The Kier molecular flexibility index (Phi) is 3.24. The van der Waals surface area contributed by atoms with Gasteiger partial charge < -0.3 is 9.31 Å². The molecule has 0 radical (unpaired) electrons. The molecule has 0 spiro atoms. The van der Waals surface area contributed by atoms with Crippen molar-refractivity contribution in [2.75, 3.05) is 0 Å². The summed E-state index contributed by atoms with van der Waals surface area (Å²) in [6.45, 7) is 7.74. The van der Waals surface area contributed by atoms with E-state index in [1.54, 1.807) is 12.1 Å². The van der Waals surface area contributed by atoms with Crippen LogP contribution in [-0.2, 0) is 9.31 Å². The molecule has 98 valence electrons. The monoisotopic (exact) mass is 254 g/mol. The molecule has 1 aromatic carbocycles. The van der Waals surface area contributed by atoms with Crippen LogP contribution in [0.15, 0.2) is 24.3 Å². The van der Waals surface area contributed by atoms with Crippen molar-refractivity contribution in [3.8, 4) is 0 Å². The van der Waals surface area contributed by atoms with Crippen LogP contribution in [0, 0.1) is 0 Å². The first-order valence-electron chi connectivity index (χ1n) is 5.96. The molecular formula is C13H17BF2O2. The van der Waals surface area contributed by atoms with Crippen LogP contribution in [0.5, 0.6) is 0 Å². The van der Waals surface area contributed by atoms with Crippen LogP contribution >= 0.6 is 0 Å². The van der Waals surface area contributed by atoms with E-state index >= 15 is 0 Å². The highest BCUT2D eigenvalue weighted by Gasteiger charge is 2.51. The van der Waals surface area contributed by atoms with Crippen LogP contribution < -0.4 is 5.46 Å². The van der Waals surface area contributed by atoms with Gasteiger partial charge in [-0.1, -0.05) is 24.3 Å². The van der Waals surface area contributed by atoms with Gasteiger partial charge in [-0.3, -0.25) is 0 Å². The van der Waals surface area contributed by atoms with Gasteiger partial charge in [0.05, 0.1) is 11.2 Å². The van der Waals surface area contributed by atoms with Gasteiger partial charge in [0.25, 0.3) is 6.43 Å². The first-order valence-corrected chi connectivity index (χ1v) is 5.96. The van der Waals surface area contributed by atoms with E-state index in [9.17, 15) is 8.78 Å². The summed E-state index contributed by atoms with van der Waals surface area (Å²) in [5.41, 5.74) is -0.301. The normalized spacial score (nSPS) is 21.6. The summed E-state index contributed by atoms with van der Waals surface area (Å²) in [4.78, 5) is 0. The summed E-state index contributed by atoms with van der Waals surface area (Å²) in [6.07, 6.45) is -2.48. The van der Waals surface area contributed by atoms with Crippen LogP contribution in [0.3, 0.4) is 0 Å². The predicted octanol–water partition coefficient (Wildman–Crippen LogP) is 2.92. The van der Waals surface area contributed by atoms with E-state index in [1.807, 2.05) is 27.7 Å². The average Bonchev–Trinajstić information content (AvgIpc) is 2.48. The molecule has 5 heteroatoms. The molecule has 2 nitrogen and oxygen atoms in total. The summed E-state index contributed by atoms with van der Waals surface area (Å²) in [5.74, 6) is 0. The number of hydrogen-bond donors (Lipinski definition) is 0. The van der Waals surface area contributed by atoms with Gasteiger partial charge in [-0.25, -0.2) is 8.78 Å². The molecule has 0 amide bonds. The Bertz CT molecular complexity index is 430. The topological polar surface area (TPSA) is 18.5 Å². The molecule has 0 N–H and O–H groups in total. The Hall–Kier alpha value is -0.935. The summed E-state index contributed by atoms with van der Waals surface area (Å²) in [5, 5.41) is 0. The Morgan fingerprint density at radius 3 is 2.11 bits per heavy atom. The van der Waals surface area contributed by atoms with Gasteiger partial charge in [-0.15, -0.1) is 0 Å². The van der Waals surface area contributed by atoms with Crippen LogP contribution in [0.4, 0.5) is 8.78 Å². The molecule has 1 aromatic rings. The smallest absolute Gasteiger partial charge is 0.399 e. The van der Waals surface area contributed by atoms with Crippen LogP contribution in [0.25, 0.3) is 0 Å². The molecule has 1 fully saturated rings. The SMILES string of the molecule is CC1(C)OB(c2cccc(C(F)F)c2)OC1(C)C. The standard InChI is InChI=1S/C13H17BF2O2/c1-12(2)13(3,4)18-14(17-12)10-7-5-6-9(8-10)11(15)16/h5-8,11H,1-4H3. The lowest BCUT2D eigenvalue weighted by atomic mass is 9.78. The minimum absolute atomic E-state index is 0.0118. The van der Waals surface area contributed by atoms with Gasteiger partial charge in [0.15, 0.2) is 0 Å². The molecule has 1 heterocycles. The van der Waals surface area contributed by atoms with Gasteiger partial charge in [-0.05, 0) is 33.2 Å². The highest BCUT2D eigenvalue weighted by atomic mass is 19.3. The average molecular weight is 254 g/mol. The fourth-order valence-electron chi connectivity index (χ4n) is 1.82. The Labute approximate surface area is 106 Å². The fraction of sp³-hybridized carbons (Fsp3) is 0.538. The van der Waals surface area contributed by atoms with Crippen molar-refractivity contribution in [3.63, 3.8) is 0 Å². The summed E-state index contributed by atoms with van der Waals surface area (Å²) in [7, 11) is -0.589. The predicted molar refractivity (Wildman–Crippen MR) is 67.1 cm³/mol. The summed E-state index contributed by atoms with van der Waals surface area (Å²) >= 11 is 0. The van der Waals surface area contributed by atoms with Gasteiger partial charge >= 0.3 is 7.12 Å². The molecule has 1 aliphatic heterocycles. The minimum Gasteiger partial charge on any atom is -0.399 e. The van der Waals surface area contributed by atoms with Gasteiger partial charge in [0, 0.05) is 5.56 Å². The van der Waals surface area contributed by atoms with Crippen molar-refractivity contribution in [2.45, 2.75) is 45.3 Å².